The number of hydrogen-bond acceptors (Lipinski definition) is 5. The van der Waals surface area contributed by atoms with Gasteiger partial charge in [0, 0.05) is 6.42 Å². The first kappa shape index (κ1) is 29.1. The van der Waals surface area contributed by atoms with Crippen LogP contribution in [0.2, 0.25) is 0 Å². The van der Waals surface area contributed by atoms with Crippen molar-refractivity contribution in [2.75, 3.05) is 26.3 Å². The number of hydrogen-bond donors (Lipinski definition) is 0. The molecule has 0 bridgehead atoms. The van der Waals surface area contributed by atoms with Crippen LogP contribution < -0.4 is 0 Å². The summed E-state index contributed by atoms with van der Waals surface area (Å²) >= 11 is 0. The average molecular weight is 496 g/mol. The van der Waals surface area contributed by atoms with Crippen LogP contribution in [0.1, 0.15) is 91.8 Å². The van der Waals surface area contributed by atoms with Gasteiger partial charge in [-0.2, -0.15) is 0 Å². The Balaban J connectivity index is 1.76. The lowest BCUT2D eigenvalue weighted by Crippen LogP contribution is -2.37. The number of nitrogens with zero attached hydrogens (tertiary/aromatic N) is 1. The number of unbranched alkanes of at least 4 members (excludes halogenated alkanes) is 8. The fraction of sp³-hybridized carbons (Fsp3) is 0.500. The van der Waals surface area contributed by atoms with Gasteiger partial charge in [0.05, 0.1) is 24.2 Å². The normalized spacial score (nSPS) is 10.6. The number of esters is 2. The highest BCUT2D eigenvalue weighted by Gasteiger charge is 2.16. The van der Waals surface area contributed by atoms with Crippen molar-refractivity contribution < 1.29 is 23.9 Å². The topological polar surface area (TPSA) is 72.9 Å². The Kier molecular flexibility index (Phi) is 14.7. The summed E-state index contributed by atoms with van der Waals surface area (Å²) in [6, 6.07) is 17.5. The molecule has 0 atom stereocenters. The molecule has 2 rings (SSSR count). The van der Waals surface area contributed by atoms with Gasteiger partial charge in [-0.1, -0.05) is 94.7 Å². The highest BCUT2D eigenvalue weighted by Crippen LogP contribution is 2.12. The van der Waals surface area contributed by atoms with E-state index < -0.39 is 11.9 Å². The molecule has 6 heteroatoms. The van der Waals surface area contributed by atoms with Crippen molar-refractivity contribution >= 4 is 17.8 Å². The molecule has 0 aliphatic carbocycles. The molecule has 0 unspecified atom stereocenters. The number of ether oxygens (including phenoxy) is 2. The van der Waals surface area contributed by atoms with Gasteiger partial charge in [-0.25, -0.2) is 9.59 Å². The van der Waals surface area contributed by atoms with E-state index in [0.29, 0.717) is 17.5 Å². The van der Waals surface area contributed by atoms with E-state index in [4.69, 9.17) is 9.47 Å². The van der Waals surface area contributed by atoms with Crippen LogP contribution in [0.15, 0.2) is 60.7 Å². The Morgan fingerprint density at radius 2 is 1.03 bits per heavy atom. The van der Waals surface area contributed by atoms with Gasteiger partial charge in [-0.05, 0) is 30.7 Å². The fourth-order valence-electron chi connectivity index (χ4n) is 3.92. The second-order valence-electron chi connectivity index (χ2n) is 8.96. The number of carbonyl (C=O) groups is 3. The zero-order valence-electron chi connectivity index (χ0n) is 21.7. The molecule has 0 saturated heterocycles. The molecule has 196 valence electrons. The summed E-state index contributed by atoms with van der Waals surface area (Å²) in [6.07, 6.45) is 11.1. The molecule has 0 aromatic heterocycles. The van der Waals surface area contributed by atoms with Gasteiger partial charge in [0.2, 0.25) is 5.91 Å². The Morgan fingerprint density at radius 1 is 0.611 bits per heavy atom. The van der Waals surface area contributed by atoms with Crippen LogP contribution in [0.25, 0.3) is 0 Å². The van der Waals surface area contributed by atoms with Gasteiger partial charge < -0.3 is 14.4 Å². The summed E-state index contributed by atoms with van der Waals surface area (Å²) in [5.41, 5.74) is 0.948. The minimum absolute atomic E-state index is 0.00975. The molecule has 2 aromatic rings. The lowest BCUT2D eigenvalue weighted by molar-refractivity contribution is -0.132. The monoisotopic (exact) mass is 495 g/mol. The van der Waals surface area contributed by atoms with E-state index in [9.17, 15) is 14.4 Å². The highest BCUT2D eigenvalue weighted by atomic mass is 16.5. The summed E-state index contributed by atoms with van der Waals surface area (Å²) in [6.45, 7) is 2.92. The van der Waals surface area contributed by atoms with E-state index in [1.54, 1.807) is 53.4 Å². The fourth-order valence-corrected chi connectivity index (χ4v) is 3.92. The van der Waals surface area contributed by atoms with E-state index in [1.807, 2.05) is 12.1 Å². The summed E-state index contributed by atoms with van der Waals surface area (Å²) in [5, 5.41) is 0. The first-order chi connectivity index (χ1) is 17.6. The van der Waals surface area contributed by atoms with Gasteiger partial charge >= 0.3 is 11.9 Å². The van der Waals surface area contributed by atoms with E-state index >= 15 is 0 Å². The summed E-state index contributed by atoms with van der Waals surface area (Å²) in [5.74, 6) is -0.848. The Labute approximate surface area is 216 Å². The third-order valence-electron chi connectivity index (χ3n) is 6.05. The second kappa shape index (κ2) is 18.2. The van der Waals surface area contributed by atoms with Gasteiger partial charge in [-0.15, -0.1) is 0 Å². The molecule has 6 nitrogen and oxygen atoms in total. The van der Waals surface area contributed by atoms with Crippen LogP contribution in [0.5, 0.6) is 0 Å². The van der Waals surface area contributed by atoms with Crippen LogP contribution >= 0.6 is 0 Å². The molecule has 1 amide bonds. The Morgan fingerprint density at radius 3 is 1.47 bits per heavy atom. The third kappa shape index (κ3) is 12.0. The molecular weight excluding hydrogens is 454 g/mol. The molecule has 0 fully saturated rings. The molecule has 0 radical (unpaired) electrons. The average Bonchev–Trinajstić information content (AvgIpc) is 2.92. The smallest absolute Gasteiger partial charge is 0.338 e. The maximum Gasteiger partial charge on any atom is 0.338 e. The predicted molar refractivity (Wildman–Crippen MR) is 142 cm³/mol. The number of amides is 1. The van der Waals surface area contributed by atoms with Crippen LogP contribution in [-0.4, -0.2) is 49.0 Å². The Bertz CT molecular complexity index is 827. The molecule has 0 N–H and O–H groups in total. The van der Waals surface area contributed by atoms with Gasteiger partial charge in [-0.3, -0.25) is 4.79 Å². The lowest BCUT2D eigenvalue weighted by atomic mass is 10.1. The minimum atomic E-state index is -0.419. The first-order valence-electron chi connectivity index (χ1n) is 13.3. The van der Waals surface area contributed by atoms with Gasteiger partial charge in [0.25, 0.3) is 0 Å². The number of rotatable bonds is 18. The lowest BCUT2D eigenvalue weighted by Gasteiger charge is -2.22. The molecule has 0 aliphatic rings. The van der Waals surface area contributed by atoms with E-state index in [1.165, 1.54) is 38.5 Å². The van der Waals surface area contributed by atoms with Crippen molar-refractivity contribution in [2.45, 2.75) is 71.1 Å². The maximum absolute atomic E-state index is 12.9. The Hall–Kier alpha value is -3.15. The van der Waals surface area contributed by atoms with E-state index in [-0.39, 0.29) is 32.2 Å². The largest absolute Gasteiger partial charge is 0.460 e. The molecule has 0 spiro atoms. The molecule has 36 heavy (non-hydrogen) atoms. The van der Waals surface area contributed by atoms with Crippen molar-refractivity contribution in [3.05, 3.63) is 71.8 Å². The predicted octanol–water partition coefficient (Wildman–Crippen LogP) is 6.45. The highest BCUT2D eigenvalue weighted by molar-refractivity contribution is 5.89. The van der Waals surface area contributed by atoms with Crippen molar-refractivity contribution in [1.82, 2.24) is 4.90 Å². The van der Waals surface area contributed by atoms with Crippen LogP contribution in [0, 0.1) is 0 Å². The van der Waals surface area contributed by atoms with E-state index in [2.05, 4.69) is 6.92 Å². The molecule has 0 saturated carbocycles. The molecule has 0 aliphatic heterocycles. The summed E-state index contributed by atoms with van der Waals surface area (Å²) in [4.78, 5) is 38.9. The van der Waals surface area contributed by atoms with Crippen molar-refractivity contribution in [1.29, 1.82) is 0 Å². The minimum Gasteiger partial charge on any atom is -0.460 e. The third-order valence-corrected chi connectivity index (χ3v) is 6.05. The zero-order chi connectivity index (χ0) is 25.8. The van der Waals surface area contributed by atoms with Crippen LogP contribution in [0.3, 0.4) is 0 Å². The van der Waals surface area contributed by atoms with Gasteiger partial charge in [0.1, 0.15) is 13.2 Å². The van der Waals surface area contributed by atoms with Crippen molar-refractivity contribution in [3.8, 4) is 0 Å². The SMILES string of the molecule is CCCCCCCCCCCC(=O)N(CCOC(=O)c1ccccc1)CCOC(=O)c1ccccc1. The van der Waals surface area contributed by atoms with Crippen molar-refractivity contribution in [3.63, 3.8) is 0 Å². The summed E-state index contributed by atoms with van der Waals surface area (Å²) in [7, 11) is 0. The van der Waals surface area contributed by atoms with E-state index in [0.717, 1.165) is 19.3 Å². The van der Waals surface area contributed by atoms with Gasteiger partial charge in [0.15, 0.2) is 0 Å². The first-order valence-corrected chi connectivity index (χ1v) is 13.3. The zero-order valence-corrected chi connectivity index (χ0v) is 21.7. The van der Waals surface area contributed by atoms with Crippen molar-refractivity contribution in [2.24, 2.45) is 0 Å². The standard InChI is InChI=1S/C30H41NO5/c1-2-3-4-5-6-7-8-9-16-21-28(32)31(22-24-35-29(33)26-17-12-10-13-18-26)23-25-36-30(34)27-19-14-11-15-20-27/h10-15,17-20H,2-9,16,21-25H2,1H3. The summed E-state index contributed by atoms with van der Waals surface area (Å²) < 4.78 is 10.7. The molecule has 2 aromatic carbocycles. The van der Waals surface area contributed by atoms with Crippen LogP contribution in [0.4, 0.5) is 0 Å². The van der Waals surface area contributed by atoms with Crippen LogP contribution in [-0.2, 0) is 14.3 Å². The number of benzene rings is 2. The number of carbonyl (C=O) groups excluding carboxylic acids is 3. The molecule has 0 heterocycles. The molecular formula is C30H41NO5. The quantitative estimate of drug-likeness (QED) is 0.175. The maximum atomic E-state index is 12.9. The second-order valence-corrected chi connectivity index (χ2v) is 8.96.